The predicted molar refractivity (Wildman–Crippen MR) is 53.6 cm³/mol. The third-order valence-corrected chi connectivity index (χ3v) is 3.14. The van der Waals surface area contributed by atoms with Gasteiger partial charge in [-0.3, -0.25) is 0 Å². The van der Waals surface area contributed by atoms with Gasteiger partial charge in [0.15, 0.2) is 0 Å². The van der Waals surface area contributed by atoms with E-state index in [4.69, 9.17) is 4.74 Å². The molecule has 2 heteroatoms. The number of aliphatic hydroxyl groups is 1. The van der Waals surface area contributed by atoms with Crippen molar-refractivity contribution < 1.29 is 9.84 Å². The molecule has 0 saturated heterocycles. The monoisotopic (exact) mass is 186 g/mol. The summed E-state index contributed by atoms with van der Waals surface area (Å²) in [7, 11) is 0. The highest BCUT2D eigenvalue weighted by molar-refractivity contribution is 4.98. The lowest BCUT2D eigenvalue weighted by molar-refractivity contribution is -0.175. The fourth-order valence-corrected chi connectivity index (χ4v) is 1.59. The zero-order valence-corrected chi connectivity index (χ0v) is 9.21. The Morgan fingerprint density at radius 1 is 1.46 bits per heavy atom. The smallest absolute Gasteiger partial charge is 0.0675 e. The molecule has 1 rings (SSSR count). The Bertz CT molecular complexity index is 163. The zero-order valence-electron chi connectivity index (χ0n) is 9.21. The second-order valence-electron chi connectivity index (χ2n) is 5.11. The van der Waals surface area contributed by atoms with Gasteiger partial charge in [-0.1, -0.05) is 27.7 Å². The van der Waals surface area contributed by atoms with Gasteiger partial charge in [0.25, 0.3) is 0 Å². The third kappa shape index (κ3) is 2.44. The van der Waals surface area contributed by atoms with Crippen molar-refractivity contribution in [2.24, 2.45) is 11.3 Å². The second kappa shape index (κ2) is 3.97. The SMILES string of the molecule is CC(C)CCOC1CC(O)C1(C)C. The first-order valence-electron chi connectivity index (χ1n) is 5.24. The summed E-state index contributed by atoms with van der Waals surface area (Å²) < 4.78 is 5.71. The van der Waals surface area contributed by atoms with Gasteiger partial charge < -0.3 is 9.84 Å². The summed E-state index contributed by atoms with van der Waals surface area (Å²) >= 11 is 0. The van der Waals surface area contributed by atoms with E-state index >= 15 is 0 Å². The van der Waals surface area contributed by atoms with Crippen LogP contribution in [-0.2, 0) is 4.74 Å². The normalized spacial score (nSPS) is 31.8. The molecule has 0 heterocycles. The summed E-state index contributed by atoms with van der Waals surface area (Å²) in [5.41, 5.74) is -0.0308. The summed E-state index contributed by atoms with van der Waals surface area (Å²) in [6.45, 7) is 9.37. The quantitative estimate of drug-likeness (QED) is 0.729. The van der Waals surface area contributed by atoms with Gasteiger partial charge in [-0.05, 0) is 12.3 Å². The lowest BCUT2D eigenvalue weighted by atomic mass is 9.66. The molecule has 0 bridgehead atoms. The van der Waals surface area contributed by atoms with E-state index in [9.17, 15) is 5.11 Å². The summed E-state index contributed by atoms with van der Waals surface area (Å²) in [5, 5.41) is 9.47. The minimum atomic E-state index is -0.170. The van der Waals surface area contributed by atoms with E-state index in [0.717, 1.165) is 19.4 Å². The minimum absolute atomic E-state index is 0.0308. The molecule has 0 spiro atoms. The number of ether oxygens (including phenoxy) is 1. The van der Waals surface area contributed by atoms with Crippen LogP contribution in [0.1, 0.15) is 40.5 Å². The molecule has 0 aromatic rings. The molecule has 1 N–H and O–H groups in total. The van der Waals surface area contributed by atoms with Crippen LogP contribution in [0.15, 0.2) is 0 Å². The fraction of sp³-hybridized carbons (Fsp3) is 1.00. The topological polar surface area (TPSA) is 29.5 Å². The van der Waals surface area contributed by atoms with Gasteiger partial charge in [0.2, 0.25) is 0 Å². The molecule has 0 aromatic carbocycles. The molecular weight excluding hydrogens is 164 g/mol. The van der Waals surface area contributed by atoms with E-state index in [1.54, 1.807) is 0 Å². The zero-order chi connectivity index (χ0) is 10.1. The number of hydrogen-bond donors (Lipinski definition) is 1. The number of rotatable bonds is 4. The molecule has 0 aromatic heterocycles. The Labute approximate surface area is 81.3 Å². The maximum Gasteiger partial charge on any atom is 0.0675 e. The van der Waals surface area contributed by atoms with E-state index < -0.39 is 0 Å². The van der Waals surface area contributed by atoms with Crippen molar-refractivity contribution in [2.45, 2.75) is 52.7 Å². The van der Waals surface area contributed by atoms with Gasteiger partial charge in [-0.2, -0.15) is 0 Å². The molecule has 2 unspecified atom stereocenters. The molecule has 2 nitrogen and oxygen atoms in total. The lowest BCUT2D eigenvalue weighted by Gasteiger charge is -2.48. The molecule has 0 amide bonds. The second-order valence-corrected chi connectivity index (χ2v) is 5.11. The standard InChI is InChI=1S/C11H22O2/c1-8(2)5-6-13-10-7-9(12)11(10,3)4/h8-10,12H,5-7H2,1-4H3. The van der Waals surface area contributed by atoms with E-state index in [1.165, 1.54) is 0 Å². The summed E-state index contributed by atoms with van der Waals surface area (Å²) in [6.07, 6.45) is 2.02. The molecule has 1 aliphatic carbocycles. The van der Waals surface area contributed by atoms with Crippen LogP contribution in [0.3, 0.4) is 0 Å². The largest absolute Gasteiger partial charge is 0.392 e. The minimum Gasteiger partial charge on any atom is -0.392 e. The van der Waals surface area contributed by atoms with Gasteiger partial charge >= 0.3 is 0 Å². The van der Waals surface area contributed by atoms with Crippen molar-refractivity contribution in [1.82, 2.24) is 0 Å². The van der Waals surface area contributed by atoms with Crippen LogP contribution in [0, 0.1) is 11.3 Å². The van der Waals surface area contributed by atoms with E-state index in [1.807, 2.05) is 0 Å². The Balaban J connectivity index is 2.17. The molecule has 1 fully saturated rings. The van der Waals surface area contributed by atoms with Crippen molar-refractivity contribution in [3.63, 3.8) is 0 Å². The van der Waals surface area contributed by atoms with Gasteiger partial charge in [0.05, 0.1) is 12.2 Å². The van der Waals surface area contributed by atoms with Crippen molar-refractivity contribution in [1.29, 1.82) is 0 Å². The van der Waals surface area contributed by atoms with E-state index in [2.05, 4.69) is 27.7 Å². The summed E-state index contributed by atoms with van der Waals surface area (Å²) in [6, 6.07) is 0. The van der Waals surface area contributed by atoms with Gasteiger partial charge in [-0.25, -0.2) is 0 Å². The van der Waals surface area contributed by atoms with Crippen LogP contribution < -0.4 is 0 Å². The van der Waals surface area contributed by atoms with Crippen molar-refractivity contribution in [2.75, 3.05) is 6.61 Å². The van der Waals surface area contributed by atoms with Crippen LogP contribution in [0.4, 0.5) is 0 Å². The molecule has 1 aliphatic rings. The number of aliphatic hydroxyl groups excluding tert-OH is 1. The van der Waals surface area contributed by atoms with E-state index in [-0.39, 0.29) is 17.6 Å². The molecule has 0 radical (unpaired) electrons. The predicted octanol–water partition coefficient (Wildman–Crippen LogP) is 2.21. The lowest BCUT2D eigenvalue weighted by Crippen LogP contribution is -2.54. The summed E-state index contributed by atoms with van der Waals surface area (Å²) in [4.78, 5) is 0. The summed E-state index contributed by atoms with van der Waals surface area (Å²) in [5.74, 6) is 0.702. The maximum absolute atomic E-state index is 9.47. The van der Waals surface area contributed by atoms with Crippen LogP contribution in [-0.4, -0.2) is 23.9 Å². The number of hydrogen-bond acceptors (Lipinski definition) is 2. The van der Waals surface area contributed by atoms with Gasteiger partial charge in [-0.15, -0.1) is 0 Å². The first-order valence-corrected chi connectivity index (χ1v) is 5.24. The Kier molecular flexibility index (Phi) is 3.36. The average Bonchev–Trinajstić information content (AvgIpc) is 2.02. The van der Waals surface area contributed by atoms with Crippen LogP contribution >= 0.6 is 0 Å². The van der Waals surface area contributed by atoms with Crippen molar-refractivity contribution >= 4 is 0 Å². The van der Waals surface area contributed by atoms with Gasteiger partial charge in [0.1, 0.15) is 0 Å². The third-order valence-electron chi connectivity index (χ3n) is 3.14. The van der Waals surface area contributed by atoms with Crippen molar-refractivity contribution in [3.8, 4) is 0 Å². The molecular formula is C11H22O2. The van der Waals surface area contributed by atoms with Crippen LogP contribution in [0.5, 0.6) is 0 Å². The highest BCUT2D eigenvalue weighted by atomic mass is 16.5. The Morgan fingerprint density at radius 2 is 2.08 bits per heavy atom. The highest BCUT2D eigenvalue weighted by Gasteiger charge is 2.47. The van der Waals surface area contributed by atoms with Crippen LogP contribution in [0.25, 0.3) is 0 Å². The first-order chi connectivity index (χ1) is 5.94. The Morgan fingerprint density at radius 3 is 2.46 bits per heavy atom. The van der Waals surface area contributed by atoms with Gasteiger partial charge in [0, 0.05) is 18.4 Å². The first kappa shape index (κ1) is 11.0. The molecule has 0 aliphatic heterocycles. The maximum atomic E-state index is 9.47. The molecule has 78 valence electrons. The highest BCUT2D eigenvalue weighted by Crippen LogP contribution is 2.42. The van der Waals surface area contributed by atoms with Crippen LogP contribution in [0.2, 0.25) is 0 Å². The molecule has 1 saturated carbocycles. The fourth-order valence-electron chi connectivity index (χ4n) is 1.59. The van der Waals surface area contributed by atoms with E-state index in [0.29, 0.717) is 5.92 Å². The Hall–Kier alpha value is -0.0800. The molecule has 2 atom stereocenters. The molecule has 13 heavy (non-hydrogen) atoms. The average molecular weight is 186 g/mol. The van der Waals surface area contributed by atoms with Crippen molar-refractivity contribution in [3.05, 3.63) is 0 Å².